The Balaban J connectivity index is 1.37. The Morgan fingerprint density at radius 2 is 1.70 bits per heavy atom. The lowest BCUT2D eigenvalue weighted by molar-refractivity contribution is 0.102. The van der Waals surface area contributed by atoms with Crippen molar-refractivity contribution < 1.29 is 9.53 Å². The van der Waals surface area contributed by atoms with Gasteiger partial charge in [0.05, 0.1) is 18.0 Å². The molecule has 0 aliphatic heterocycles. The number of hydrogen-bond acceptors (Lipinski definition) is 6. The molecule has 33 heavy (non-hydrogen) atoms. The van der Waals surface area contributed by atoms with Gasteiger partial charge >= 0.3 is 0 Å². The van der Waals surface area contributed by atoms with Gasteiger partial charge < -0.3 is 21.2 Å². The summed E-state index contributed by atoms with van der Waals surface area (Å²) in [5, 5.41) is 2.92. The van der Waals surface area contributed by atoms with Crippen molar-refractivity contribution in [1.29, 1.82) is 0 Å². The molecule has 4 aromatic rings. The highest BCUT2D eigenvalue weighted by Crippen LogP contribution is 2.25. The van der Waals surface area contributed by atoms with Crippen molar-refractivity contribution in [3.63, 3.8) is 0 Å². The van der Waals surface area contributed by atoms with Gasteiger partial charge in [0, 0.05) is 23.2 Å². The van der Waals surface area contributed by atoms with Crippen LogP contribution in [0, 0.1) is 0 Å². The number of nitrogens with zero attached hydrogens (tertiary/aromatic N) is 1. The Hall–Kier alpha value is -4.36. The third kappa shape index (κ3) is 5.66. The van der Waals surface area contributed by atoms with Gasteiger partial charge in [0.2, 0.25) is 0 Å². The standard InChI is InChI=1S/C26H25N5O2/c27-23-13-14-24(30-25(23)31-28)20-7-4-8-21(17-20)29-26(32)19-9-11-22(12-10-19)33-16-15-18-5-2-1-3-6-18/h1-14,17H,15-16,27-28H2,(H,29,32)(H,30,31). The fraction of sp³-hybridized carbons (Fsp3) is 0.0769. The third-order valence-electron chi connectivity index (χ3n) is 5.10. The molecule has 0 unspecified atom stereocenters. The highest BCUT2D eigenvalue weighted by molar-refractivity contribution is 6.04. The summed E-state index contributed by atoms with van der Waals surface area (Å²) in [6, 6.07) is 28.2. The molecule has 0 aliphatic carbocycles. The molecule has 7 nitrogen and oxygen atoms in total. The van der Waals surface area contributed by atoms with E-state index in [1.165, 1.54) is 5.56 Å². The third-order valence-corrected chi connectivity index (χ3v) is 5.10. The van der Waals surface area contributed by atoms with E-state index in [0.717, 1.165) is 17.7 Å². The van der Waals surface area contributed by atoms with E-state index in [4.69, 9.17) is 16.3 Å². The minimum atomic E-state index is -0.211. The average Bonchev–Trinajstić information content (AvgIpc) is 2.85. The summed E-state index contributed by atoms with van der Waals surface area (Å²) < 4.78 is 5.79. The quantitative estimate of drug-likeness (QED) is 0.237. The fourth-order valence-electron chi connectivity index (χ4n) is 3.34. The van der Waals surface area contributed by atoms with Crippen LogP contribution in [0.25, 0.3) is 11.3 Å². The molecular weight excluding hydrogens is 414 g/mol. The van der Waals surface area contributed by atoms with Crippen LogP contribution in [0.1, 0.15) is 15.9 Å². The lowest BCUT2D eigenvalue weighted by Gasteiger charge is -2.10. The molecule has 166 valence electrons. The first-order valence-corrected chi connectivity index (χ1v) is 10.5. The first-order chi connectivity index (χ1) is 16.1. The van der Waals surface area contributed by atoms with Crippen molar-refractivity contribution in [2.75, 3.05) is 23.1 Å². The number of benzene rings is 3. The molecule has 7 heteroatoms. The average molecular weight is 440 g/mol. The number of rotatable bonds is 8. The molecule has 0 aliphatic rings. The van der Waals surface area contributed by atoms with Crippen LogP contribution in [-0.2, 0) is 6.42 Å². The molecule has 0 saturated heterocycles. The van der Waals surface area contributed by atoms with Gasteiger partial charge in [-0.1, -0.05) is 42.5 Å². The molecule has 3 aromatic carbocycles. The van der Waals surface area contributed by atoms with Gasteiger partial charge in [-0.05, 0) is 54.1 Å². The predicted molar refractivity (Wildman–Crippen MR) is 132 cm³/mol. The number of carbonyl (C=O) groups is 1. The van der Waals surface area contributed by atoms with Crippen LogP contribution in [-0.4, -0.2) is 17.5 Å². The van der Waals surface area contributed by atoms with Crippen molar-refractivity contribution in [1.82, 2.24) is 4.98 Å². The number of anilines is 3. The van der Waals surface area contributed by atoms with E-state index in [9.17, 15) is 4.79 Å². The maximum absolute atomic E-state index is 12.7. The van der Waals surface area contributed by atoms with Crippen LogP contribution >= 0.6 is 0 Å². The van der Waals surface area contributed by atoms with Crippen molar-refractivity contribution in [2.24, 2.45) is 5.84 Å². The Labute approximate surface area is 192 Å². The van der Waals surface area contributed by atoms with E-state index < -0.39 is 0 Å². The summed E-state index contributed by atoms with van der Waals surface area (Å²) in [6.07, 6.45) is 0.825. The van der Waals surface area contributed by atoms with Gasteiger partial charge in [0.15, 0.2) is 5.82 Å². The molecule has 4 rings (SSSR count). The second kappa shape index (κ2) is 10.3. The molecular formula is C26H25N5O2. The number of hydrogen-bond donors (Lipinski definition) is 4. The number of nitrogens with two attached hydrogens (primary N) is 2. The van der Waals surface area contributed by atoms with Crippen LogP contribution in [0.5, 0.6) is 5.75 Å². The summed E-state index contributed by atoms with van der Waals surface area (Å²) in [7, 11) is 0. The Morgan fingerprint density at radius 3 is 2.45 bits per heavy atom. The molecule has 0 spiro atoms. The van der Waals surface area contributed by atoms with Crippen molar-refractivity contribution in [2.45, 2.75) is 6.42 Å². The summed E-state index contributed by atoms with van der Waals surface area (Å²) in [5.41, 5.74) is 12.7. The molecule has 1 amide bonds. The Bertz CT molecular complexity index is 1230. The monoisotopic (exact) mass is 439 g/mol. The van der Waals surface area contributed by atoms with Crippen LogP contribution in [0.2, 0.25) is 0 Å². The maximum Gasteiger partial charge on any atom is 0.255 e. The van der Waals surface area contributed by atoms with E-state index in [2.05, 4.69) is 27.9 Å². The van der Waals surface area contributed by atoms with Crippen LogP contribution in [0.15, 0.2) is 91.0 Å². The second-order valence-electron chi connectivity index (χ2n) is 7.42. The molecule has 0 saturated carbocycles. The number of ether oxygens (including phenoxy) is 1. The number of carbonyl (C=O) groups excluding carboxylic acids is 1. The van der Waals surface area contributed by atoms with Crippen molar-refractivity contribution in [3.8, 4) is 17.0 Å². The van der Waals surface area contributed by atoms with E-state index >= 15 is 0 Å². The van der Waals surface area contributed by atoms with Gasteiger partial charge in [0.25, 0.3) is 5.91 Å². The van der Waals surface area contributed by atoms with E-state index in [1.54, 1.807) is 36.4 Å². The Kier molecular flexibility index (Phi) is 6.82. The van der Waals surface area contributed by atoms with Crippen LogP contribution < -0.4 is 27.1 Å². The van der Waals surface area contributed by atoms with Gasteiger partial charge in [-0.3, -0.25) is 4.79 Å². The zero-order valence-corrected chi connectivity index (χ0v) is 18.0. The van der Waals surface area contributed by atoms with Crippen molar-refractivity contribution in [3.05, 3.63) is 102 Å². The SMILES string of the molecule is NNc1nc(-c2cccc(NC(=O)c3ccc(OCCc4ccccc4)cc3)c2)ccc1N. The lowest BCUT2D eigenvalue weighted by Crippen LogP contribution is -2.12. The maximum atomic E-state index is 12.7. The van der Waals surface area contributed by atoms with Gasteiger partial charge in [-0.25, -0.2) is 10.8 Å². The molecule has 0 atom stereocenters. The summed E-state index contributed by atoms with van der Waals surface area (Å²) in [5.74, 6) is 6.37. The first-order valence-electron chi connectivity index (χ1n) is 10.5. The normalized spacial score (nSPS) is 10.5. The molecule has 1 aromatic heterocycles. The van der Waals surface area contributed by atoms with Crippen LogP contribution in [0.4, 0.5) is 17.2 Å². The highest BCUT2D eigenvalue weighted by Gasteiger charge is 2.09. The number of nitrogen functional groups attached to an aromatic ring is 2. The highest BCUT2D eigenvalue weighted by atomic mass is 16.5. The number of hydrazine groups is 1. The number of nitrogens with one attached hydrogen (secondary N) is 2. The minimum absolute atomic E-state index is 0.211. The zero-order valence-electron chi connectivity index (χ0n) is 18.0. The van der Waals surface area contributed by atoms with Crippen LogP contribution in [0.3, 0.4) is 0 Å². The van der Waals surface area contributed by atoms with E-state index in [0.29, 0.717) is 35.1 Å². The molecule has 0 fully saturated rings. The van der Waals surface area contributed by atoms with Gasteiger partial charge in [-0.15, -0.1) is 0 Å². The van der Waals surface area contributed by atoms with Gasteiger partial charge in [0.1, 0.15) is 5.75 Å². The Morgan fingerprint density at radius 1 is 0.909 bits per heavy atom. The first kappa shape index (κ1) is 21.9. The number of pyridine rings is 1. The molecule has 1 heterocycles. The largest absolute Gasteiger partial charge is 0.493 e. The fourth-order valence-corrected chi connectivity index (χ4v) is 3.34. The number of aromatic nitrogens is 1. The van der Waals surface area contributed by atoms with E-state index in [1.807, 2.05) is 42.5 Å². The second-order valence-corrected chi connectivity index (χ2v) is 7.42. The topological polar surface area (TPSA) is 115 Å². The lowest BCUT2D eigenvalue weighted by atomic mass is 10.1. The summed E-state index contributed by atoms with van der Waals surface area (Å²) >= 11 is 0. The predicted octanol–water partition coefficient (Wildman–Crippen LogP) is 4.49. The zero-order chi connectivity index (χ0) is 23.0. The van der Waals surface area contributed by atoms with Gasteiger partial charge in [-0.2, -0.15) is 0 Å². The molecule has 0 radical (unpaired) electrons. The summed E-state index contributed by atoms with van der Waals surface area (Å²) in [4.78, 5) is 17.1. The summed E-state index contributed by atoms with van der Waals surface area (Å²) in [6.45, 7) is 0.572. The minimum Gasteiger partial charge on any atom is -0.493 e. The van der Waals surface area contributed by atoms with E-state index in [-0.39, 0.29) is 5.91 Å². The number of amides is 1. The smallest absolute Gasteiger partial charge is 0.255 e. The molecule has 0 bridgehead atoms. The molecule has 6 N–H and O–H groups in total. The van der Waals surface area contributed by atoms with Crippen molar-refractivity contribution >= 4 is 23.1 Å².